The fourth-order valence-corrected chi connectivity index (χ4v) is 2.35. The minimum Gasteiger partial charge on any atom is -0.359 e. The summed E-state index contributed by atoms with van der Waals surface area (Å²) in [6, 6.07) is 0. The number of aromatic nitrogens is 3. The van der Waals surface area contributed by atoms with Gasteiger partial charge in [-0.2, -0.15) is 15.0 Å². The average molecular weight is 293 g/mol. The monoisotopic (exact) mass is 293 g/mol. The number of hydrogen-bond acceptors (Lipinski definition) is 7. The molecule has 1 saturated heterocycles. The molecule has 2 N–H and O–H groups in total. The van der Waals surface area contributed by atoms with Crippen LogP contribution in [0.5, 0.6) is 0 Å². The fourth-order valence-electron chi connectivity index (χ4n) is 2.35. The lowest BCUT2D eigenvalue weighted by Gasteiger charge is -2.31. The second kappa shape index (κ2) is 6.55. The van der Waals surface area contributed by atoms with Crippen molar-refractivity contribution in [3.8, 4) is 0 Å². The summed E-state index contributed by atoms with van der Waals surface area (Å²) in [7, 11) is 7.27. The van der Waals surface area contributed by atoms with Gasteiger partial charge in [0.25, 0.3) is 0 Å². The van der Waals surface area contributed by atoms with E-state index in [4.69, 9.17) is 0 Å². The van der Waals surface area contributed by atoms with Crippen LogP contribution in [0.15, 0.2) is 0 Å². The van der Waals surface area contributed by atoms with Crippen molar-refractivity contribution in [2.75, 3.05) is 56.4 Å². The second-order valence-corrected chi connectivity index (χ2v) is 5.28. The van der Waals surface area contributed by atoms with E-state index in [1.165, 1.54) is 0 Å². The number of carbonyl (C=O) groups excluding carboxylic acids is 1. The molecule has 8 nitrogen and oxygen atoms in total. The van der Waals surface area contributed by atoms with Crippen molar-refractivity contribution in [3.05, 3.63) is 0 Å². The predicted molar refractivity (Wildman–Crippen MR) is 82.7 cm³/mol. The van der Waals surface area contributed by atoms with E-state index in [-0.39, 0.29) is 11.8 Å². The molecule has 116 valence electrons. The van der Waals surface area contributed by atoms with E-state index < -0.39 is 0 Å². The number of carbonyl (C=O) groups is 1. The normalized spacial score (nSPS) is 15.7. The van der Waals surface area contributed by atoms with Crippen molar-refractivity contribution in [2.45, 2.75) is 12.8 Å². The molecule has 1 fully saturated rings. The summed E-state index contributed by atoms with van der Waals surface area (Å²) in [5, 5.41) is 5.67. The van der Waals surface area contributed by atoms with Crippen LogP contribution >= 0.6 is 0 Å². The van der Waals surface area contributed by atoms with Gasteiger partial charge in [-0.3, -0.25) is 4.79 Å². The van der Waals surface area contributed by atoms with Crippen LogP contribution in [0.3, 0.4) is 0 Å². The first kappa shape index (κ1) is 15.3. The van der Waals surface area contributed by atoms with Gasteiger partial charge in [0.05, 0.1) is 0 Å². The molecule has 1 aromatic rings. The van der Waals surface area contributed by atoms with Gasteiger partial charge in [0, 0.05) is 47.2 Å². The highest BCUT2D eigenvalue weighted by atomic mass is 16.1. The number of hydrogen-bond donors (Lipinski definition) is 2. The minimum absolute atomic E-state index is 0.0881. The first-order valence-electron chi connectivity index (χ1n) is 7.13. The number of piperidine rings is 1. The van der Waals surface area contributed by atoms with Gasteiger partial charge in [-0.25, -0.2) is 0 Å². The third kappa shape index (κ3) is 3.50. The smallest absolute Gasteiger partial charge is 0.231 e. The molecule has 0 saturated carbocycles. The molecule has 1 aromatic heterocycles. The fraction of sp³-hybridized carbons (Fsp3) is 0.692. The van der Waals surface area contributed by atoms with E-state index in [0.29, 0.717) is 17.8 Å². The highest BCUT2D eigenvalue weighted by Crippen LogP contribution is 2.22. The highest BCUT2D eigenvalue weighted by Gasteiger charge is 2.26. The molecular formula is C13H23N7O. The van der Waals surface area contributed by atoms with Crippen LogP contribution in [0.25, 0.3) is 0 Å². The van der Waals surface area contributed by atoms with Crippen LogP contribution < -0.4 is 20.4 Å². The van der Waals surface area contributed by atoms with E-state index in [0.717, 1.165) is 25.9 Å². The summed E-state index contributed by atoms with van der Waals surface area (Å²) < 4.78 is 0. The molecule has 1 aliphatic rings. The molecule has 0 unspecified atom stereocenters. The molecule has 0 aliphatic carbocycles. The SMILES string of the molecule is CNC(=O)C1CCN(c2nc(NC)nc(N(C)C)n2)CC1. The lowest BCUT2D eigenvalue weighted by molar-refractivity contribution is -0.125. The minimum atomic E-state index is 0.0881. The molecule has 2 heterocycles. The number of anilines is 3. The zero-order valence-corrected chi connectivity index (χ0v) is 13.1. The Balaban J connectivity index is 2.12. The first-order chi connectivity index (χ1) is 10.0. The number of nitrogens with zero attached hydrogens (tertiary/aromatic N) is 5. The highest BCUT2D eigenvalue weighted by molar-refractivity contribution is 5.78. The maximum atomic E-state index is 11.7. The molecule has 1 amide bonds. The summed E-state index contributed by atoms with van der Waals surface area (Å²) in [5.74, 6) is 2.05. The molecule has 0 spiro atoms. The van der Waals surface area contributed by atoms with Gasteiger partial charge in [-0.1, -0.05) is 0 Å². The van der Waals surface area contributed by atoms with Crippen molar-refractivity contribution < 1.29 is 4.79 Å². The second-order valence-electron chi connectivity index (χ2n) is 5.28. The molecule has 8 heteroatoms. The van der Waals surface area contributed by atoms with Gasteiger partial charge in [-0.05, 0) is 12.8 Å². The number of nitrogens with one attached hydrogen (secondary N) is 2. The molecular weight excluding hydrogens is 270 g/mol. The lowest BCUT2D eigenvalue weighted by atomic mass is 9.96. The molecule has 0 bridgehead atoms. The van der Waals surface area contributed by atoms with E-state index in [2.05, 4.69) is 30.5 Å². The summed E-state index contributed by atoms with van der Waals surface area (Å²) in [6.07, 6.45) is 1.63. The lowest BCUT2D eigenvalue weighted by Crippen LogP contribution is -2.40. The van der Waals surface area contributed by atoms with Crippen LogP contribution in [0.2, 0.25) is 0 Å². The quantitative estimate of drug-likeness (QED) is 0.804. The standard InChI is InChI=1S/C13H23N7O/c1-14-10(21)9-5-7-20(8-6-9)13-17-11(15-2)16-12(18-13)19(3)4/h9H,5-8H2,1-4H3,(H,14,21)(H,15,16,17,18). The van der Waals surface area contributed by atoms with E-state index in [9.17, 15) is 4.79 Å². The summed E-state index contributed by atoms with van der Waals surface area (Å²) >= 11 is 0. The predicted octanol–water partition coefficient (Wildman–Crippen LogP) is -0.0583. The van der Waals surface area contributed by atoms with Crippen LogP contribution in [0.1, 0.15) is 12.8 Å². The summed E-state index contributed by atoms with van der Waals surface area (Å²) in [6.45, 7) is 1.55. The van der Waals surface area contributed by atoms with Crippen molar-refractivity contribution in [1.82, 2.24) is 20.3 Å². The zero-order valence-electron chi connectivity index (χ0n) is 13.1. The van der Waals surface area contributed by atoms with Crippen LogP contribution in [-0.2, 0) is 4.79 Å². The van der Waals surface area contributed by atoms with Gasteiger partial charge in [0.1, 0.15) is 0 Å². The first-order valence-corrected chi connectivity index (χ1v) is 7.13. The third-order valence-corrected chi connectivity index (χ3v) is 3.63. The van der Waals surface area contributed by atoms with E-state index in [1.54, 1.807) is 14.1 Å². The summed E-state index contributed by atoms with van der Waals surface area (Å²) in [4.78, 5) is 28.8. The van der Waals surface area contributed by atoms with Crippen molar-refractivity contribution in [1.29, 1.82) is 0 Å². The zero-order chi connectivity index (χ0) is 15.4. The molecule has 0 radical (unpaired) electrons. The van der Waals surface area contributed by atoms with E-state index in [1.807, 2.05) is 19.0 Å². The van der Waals surface area contributed by atoms with Gasteiger partial charge in [-0.15, -0.1) is 0 Å². The maximum Gasteiger partial charge on any atom is 0.231 e. The maximum absolute atomic E-state index is 11.7. The van der Waals surface area contributed by atoms with E-state index >= 15 is 0 Å². The molecule has 0 aromatic carbocycles. The van der Waals surface area contributed by atoms with Crippen LogP contribution in [0.4, 0.5) is 17.8 Å². The molecule has 21 heavy (non-hydrogen) atoms. The Kier molecular flexibility index (Phi) is 4.77. The van der Waals surface area contributed by atoms with Gasteiger partial charge in [0.15, 0.2) is 0 Å². The Morgan fingerprint density at radius 1 is 1.19 bits per heavy atom. The number of rotatable bonds is 4. The van der Waals surface area contributed by atoms with Crippen LogP contribution in [0, 0.1) is 5.92 Å². The molecule has 0 atom stereocenters. The van der Waals surface area contributed by atoms with Gasteiger partial charge >= 0.3 is 0 Å². The Morgan fingerprint density at radius 3 is 2.38 bits per heavy atom. The van der Waals surface area contributed by atoms with Crippen molar-refractivity contribution >= 4 is 23.8 Å². The largest absolute Gasteiger partial charge is 0.359 e. The Labute approximate surface area is 125 Å². The topological polar surface area (TPSA) is 86.3 Å². The van der Waals surface area contributed by atoms with Crippen molar-refractivity contribution in [2.24, 2.45) is 5.92 Å². The number of amides is 1. The third-order valence-electron chi connectivity index (χ3n) is 3.63. The molecule has 2 rings (SSSR count). The van der Waals surface area contributed by atoms with Crippen molar-refractivity contribution in [3.63, 3.8) is 0 Å². The van der Waals surface area contributed by atoms with Crippen LogP contribution in [-0.4, -0.2) is 62.1 Å². The van der Waals surface area contributed by atoms with Gasteiger partial charge < -0.3 is 20.4 Å². The van der Waals surface area contributed by atoms with Gasteiger partial charge in [0.2, 0.25) is 23.8 Å². The Morgan fingerprint density at radius 2 is 1.86 bits per heavy atom. The Bertz CT molecular complexity index is 497. The Hall–Kier alpha value is -2.12. The summed E-state index contributed by atoms with van der Waals surface area (Å²) in [5.41, 5.74) is 0. The molecule has 1 aliphatic heterocycles. The average Bonchev–Trinajstić information content (AvgIpc) is 2.53.